The number of carbonyl (C=O) groups is 1. The van der Waals surface area contributed by atoms with Gasteiger partial charge in [-0.3, -0.25) is 9.78 Å². The number of ether oxygens (including phenoxy) is 1. The Morgan fingerprint density at radius 2 is 2.07 bits per heavy atom. The Morgan fingerprint density at radius 3 is 2.57 bits per heavy atom. The van der Waals surface area contributed by atoms with Gasteiger partial charge in [-0.25, -0.2) is 9.59 Å². The van der Waals surface area contributed by atoms with Crippen molar-refractivity contribution in [1.29, 1.82) is 0 Å². The summed E-state index contributed by atoms with van der Waals surface area (Å²) in [6, 6.07) is 0. The molecule has 0 radical (unpaired) electrons. The highest BCUT2D eigenvalue weighted by atomic mass is 16.5. The summed E-state index contributed by atoms with van der Waals surface area (Å²) >= 11 is 0. The van der Waals surface area contributed by atoms with Gasteiger partial charge in [-0.1, -0.05) is 0 Å². The van der Waals surface area contributed by atoms with Crippen molar-refractivity contribution >= 4 is 5.97 Å². The molecule has 2 N–H and O–H groups in total. The van der Waals surface area contributed by atoms with E-state index >= 15 is 0 Å². The molecule has 76 valence electrons. The topological polar surface area (TPSA) is 92.0 Å². The Labute approximate surface area is 78.9 Å². The number of aromatic amines is 2. The predicted octanol–water partition coefficient (Wildman–Crippen LogP) is -0.372. The zero-order chi connectivity index (χ0) is 10.7. The first-order valence-corrected chi connectivity index (χ1v) is 4.03. The molecule has 0 aliphatic carbocycles. The molecule has 1 rings (SSSR count). The van der Waals surface area contributed by atoms with E-state index in [2.05, 4.69) is 4.98 Å². The van der Waals surface area contributed by atoms with Gasteiger partial charge in [0.05, 0.1) is 6.10 Å². The Hall–Kier alpha value is -1.85. The molecule has 0 atom stereocenters. The van der Waals surface area contributed by atoms with Crippen LogP contribution in [0.15, 0.2) is 15.8 Å². The molecule has 14 heavy (non-hydrogen) atoms. The van der Waals surface area contributed by atoms with Gasteiger partial charge in [-0.15, -0.1) is 0 Å². The second-order valence-electron chi connectivity index (χ2n) is 2.94. The van der Waals surface area contributed by atoms with Crippen molar-refractivity contribution in [3.05, 3.63) is 32.6 Å². The van der Waals surface area contributed by atoms with Crippen molar-refractivity contribution in [3.8, 4) is 0 Å². The van der Waals surface area contributed by atoms with E-state index in [1.54, 1.807) is 13.8 Å². The second-order valence-corrected chi connectivity index (χ2v) is 2.94. The predicted molar refractivity (Wildman–Crippen MR) is 48.2 cm³/mol. The Balaban J connectivity index is 3.03. The fourth-order valence-electron chi connectivity index (χ4n) is 0.839. The normalized spacial score (nSPS) is 10.2. The number of hydrogen-bond donors (Lipinski definition) is 2. The summed E-state index contributed by atoms with van der Waals surface area (Å²) in [5.74, 6) is -0.752. The smallest absolute Gasteiger partial charge is 0.345 e. The number of nitrogens with one attached hydrogen (secondary N) is 2. The fourth-order valence-corrected chi connectivity index (χ4v) is 0.839. The summed E-state index contributed by atoms with van der Waals surface area (Å²) in [4.78, 5) is 37.0. The first-order chi connectivity index (χ1) is 6.50. The standard InChI is InChI=1S/C8H10N2O4/c1-4(2)14-7(12)5-3-9-8(13)10-6(5)11/h3-4H,1-2H3,(H2,9,10,11,13). The van der Waals surface area contributed by atoms with Crippen LogP contribution >= 0.6 is 0 Å². The molecule has 0 unspecified atom stereocenters. The summed E-state index contributed by atoms with van der Waals surface area (Å²) in [5, 5.41) is 0. The number of H-pyrrole nitrogens is 2. The molecule has 0 aliphatic rings. The molecule has 0 fully saturated rings. The highest BCUT2D eigenvalue weighted by Gasteiger charge is 2.13. The number of rotatable bonds is 2. The van der Waals surface area contributed by atoms with Crippen LogP contribution in [0.2, 0.25) is 0 Å². The largest absolute Gasteiger partial charge is 0.459 e. The van der Waals surface area contributed by atoms with E-state index < -0.39 is 17.2 Å². The molecule has 1 aromatic heterocycles. The van der Waals surface area contributed by atoms with E-state index in [9.17, 15) is 14.4 Å². The van der Waals surface area contributed by atoms with E-state index in [1.807, 2.05) is 4.98 Å². The highest BCUT2D eigenvalue weighted by molar-refractivity contribution is 5.88. The lowest BCUT2D eigenvalue weighted by Crippen LogP contribution is -2.28. The summed E-state index contributed by atoms with van der Waals surface area (Å²) in [6.07, 6.45) is 0.722. The van der Waals surface area contributed by atoms with Crippen molar-refractivity contribution in [2.24, 2.45) is 0 Å². The second kappa shape index (κ2) is 3.91. The molecule has 0 aromatic carbocycles. The number of aromatic nitrogens is 2. The fraction of sp³-hybridized carbons (Fsp3) is 0.375. The maximum absolute atomic E-state index is 11.2. The third-order valence-electron chi connectivity index (χ3n) is 1.38. The molecule has 6 nitrogen and oxygen atoms in total. The number of esters is 1. The first-order valence-electron chi connectivity index (χ1n) is 4.03. The van der Waals surface area contributed by atoms with Crippen LogP contribution in [0, 0.1) is 0 Å². The zero-order valence-corrected chi connectivity index (χ0v) is 7.79. The van der Waals surface area contributed by atoms with Crippen LogP contribution in [0.4, 0.5) is 0 Å². The van der Waals surface area contributed by atoms with E-state index in [0.717, 1.165) is 6.20 Å². The van der Waals surface area contributed by atoms with E-state index in [4.69, 9.17) is 4.74 Å². The van der Waals surface area contributed by atoms with Gasteiger partial charge in [-0.2, -0.15) is 0 Å². The van der Waals surface area contributed by atoms with Crippen molar-refractivity contribution in [2.75, 3.05) is 0 Å². The molecule has 6 heteroatoms. The Bertz CT molecular complexity index is 443. The molecular weight excluding hydrogens is 188 g/mol. The average molecular weight is 198 g/mol. The van der Waals surface area contributed by atoms with E-state index in [0.29, 0.717) is 0 Å². The van der Waals surface area contributed by atoms with Gasteiger partial charge < -0.3 is 9.72 Å². The zero-order valence-electron chi connectivity index (χ0n) is 7.79. The minimum absolute atomic E-state index is 0.210. The summed E-state index contributed by atoms with van der Waals surface area (Å²) in [6.45, 7) is 3.33. The van der Waals surface area contributed by atoms with Crippen LogP contribution < -0.4 is 11.2 Å². The van der Waals surface area contributed by atoms with Crippen LogP contribution in [-0.2, 0) is 4.74 Å². The van der Waals surface area contributed by atoms with Gasteiger partial charge in [0, 0.05) is 6.20 Å². The first kappa shape index (κ1) is 10.2. The van der Waals surface area contributed by atoms with Gasteiger partial charge in [0.25, 0.3) is 5.56 Å². The summed E-state index contributed by atoms with van der Waals surface area (Å²) in [5.41, 5.74) is -1.62. The molecule has 1 heterocycles. The summed E-state index contributed by atoms with van der Waals surface area (Å²) < 4.78 is 4.78. The van der Waals surface area contributed by atoms with Gasteiger partial charge in [0.2, 0.25) is 0 Å². The molecule has 0 spiro atoms. The Morgan fingerprint density at radius 1 is 1.43 bits per heavy atom. The SMILES string of the molecule is CC(C)OC(=O)c1c[nH]c(=O)[nH]c1=O. The van der Waals surface area contributed by atoms with E-state index in [-0.39, 0.29) is 11.7 Å². The van der Waals surface area contributed by atoms with Gasteiger partial charge in [0.1, 0.15) is 5.56 Å². The Kier molecular flexibility index (Phi) is 2.85. The van der Waals surface area contributed by atoms with Crippen molar-refractivity contribution in [2.45, 2.75) is 20.0 Å². The average Bonchev–Trinajstić information content (AvgIpc) is 2.01. The van der Waals surface area contributed by atoms with Gasteiger partial charge in [-0.05, 0) is 13.8 Å². The van der Waals surface area contributed by atoms with Gasteiger partial charge in [0.15, 0.2) is 0 Å². The lowest BCUT2D eigenvalue weighted by atomic mass is 10.3. The van der Waals surface area contributed by atoms with Crippen LogP contribution in [0.5, 0.6) is 0 Å². The lowest BCUT2D eigenvalue weighted by Gasteiger charge is -2.05. The molecule has 0 saturated heterocycles. The van der Waals surface area contributed by atoms with E-state index in [1.165, 1.54) is 0 Å². The van der Waals surface area contributed by atoms with Crippen molar-refractivity contribution in [1.82, 2.24) is 9.97 Å². The molecule has 0 saturated carbocycles. The molecular formula is C8H10N2O4. The summed E-state index contributed by atoms with van der Waals surface area (Å²) in [7, 11) is 0. The highest BCUT2D eigenvalue weighted by Crippen LogP contribution is 1.95. The maximum Gasteiger partial charge on any atom is 0.345 e. The van der Waals surface area contributed by atoms with Gasteiger partial charge >= 0.3 is 11.7 Å². The maximum atomic E-state index is 11.2. The lowest BCUT2D eigenvalue weighted by molar-refractivity contribution is 0.0375. The molecule has 1 aromatic rings. The minimum Gasteiger partial charge on any atom is -0.459 e. The van der Waals surface area contributed by atoms with Crippen LogP contribution in [0.3, 0.4) is 0 Å². The van der Waals surface area contributed by atoms with Crippen LogP contribution in [0.1, 0.15) is 24.2 Å². The van der Waals surface area contributed by atoms with Crippen LogP contribution in [0.25, 0.3) is 0 Å². The number of hydrogen-bond acceptors (Lipinski definition) is 4. The van der Waals surface area contributed by atoms with Crippen LogP contribution in [-0.4, -0.2) is 22.0 Å². The molecule has 0 aliphatic heterocycles. The van der Waals surface area contributed by atoms with Crippen molar-refractivity contribution in [3.63, 3.8) is 0 Å². The number of carbonyl (C=O) groups excluding carboxylic acids is 1. The van der Waals surface area contributed by atoms with Crippen molar-refractivity contribution < 1.29 is 9.53 Å². The quantitative estimate of drug-likeness (QED) is 0.634. The minimum atomic E-state index is -0.752. The molecule has 0 bridgehead atoms. The third-order valence-corrected chi connectivity index (χ3v) is 1.38. The third kappa shape index (κ3) is 2.32. The molecule has 0 amide bonds. The monoisotopic (exact) mass is 198 g/mol.